The van der Waals surface area contributed by atoms with Crippen LogP contribution < -0.4 is 15.9 Å². The summed E-state index contributed by atoms with van der Waals surface area (Å²) in [6, 6.07) is 5.32. The van der Waals surface area contributed by atoms with E-state index < -0.39 is 0 Å². The monoisotopic (exact) mass is 277 g/mol. The third kappa shape index (κ3) is 3.45. The molecule has 0 fully saturated rings. The maximum Gasteiger partial charge on any atom is 0.307 e. The molecule has 0 saturated carbocycles. The zero-order valence-corrected chi connectivity index (χ0v) is 11.4. The first kappa shape index (κ1) is 13.4. The summed E-state index contributed by atoms with van der Waals surface area (Å²) in [7, 11) is 0. The van der Waals surface area contributed by atoms with Crippen LogP contribution in [0.2, 0.25) is 0 Å². The minimum atomic E-state index is -0.119. The lowest BCUT2D eigenvalue weighted by atomic mass is 10.2. The van der Waals surface area contributed by atoms with Crippen LogP contribution in [0.3, 0.4) is 0 Å². The lowest BCUT2D eigenvalue weighted by Gasteiger charge is -2.09. The number of anilines is 2. The molecule has 100 valence electrons. The van der Waals surface area contributed by atoms with Crippen molar-refractivity contribution < 1.29 is 4.79 Å². The number of benzene rings is 1. The number of hydrogen-bond acceptors (Lipinski definition) is 4. The van der Waals surface area contributed by atoms with Gasteiger partial charge in [-0.25, -0.2) is 0 Å². The molecule has 6 heteroatoms. The van der Waals surface area contributed by atoms with Crippen molar-refractivity contribution in [1.29, 1.82) is 0 Å². The van der Waals surface area contributed by atoms with Gasteiger partial charge in [0.15, 0.2) is 0 Å². The number of carbonyl (C=O) groups excluding carboxylic acids is 1. The quantitative estimate of drug-likeness (QED) is 0.837. The van der Waals surface area contributed by atoms with Crippen molar-refractivity contribution in [3.8, 4) is 0 Å². The van der Waals surface area contributed by atoms with Gasteiger partial charge < -0.3 is 15.6 Å². The molecule has 2 aromatic rings. The summed E-state index contributed by atoms with van der Waals surface area (Å²) in [6.45, 7) is 2.28. The number of nitrogens with zero attached hydrogens (tertiary/aromatic N) is 1. The molecule has 1 aromatic carbocycles. The van der Waals surface area contributed by atoms with Crippen LogP contribution in [0, 0.1) is 6.92 Å². The molecule has 1 heterocycles. The maximum atomic E-state index is 11.8. The SMILES string of the molecule is Cc1cc(N)ccc1NC(=O)CCn1ccsc1=O. The molecule has 5 nitrogen and oxygen atoms in total. The predicted octanol–water partition coefficient (Wildman–Crippen LogP) is 1.83. The summed E-state index contributed by atoms with van der Waals surface area (Å²) in [6.07, 6.45) is 1.95. The predicted molar refractivity (Wildman–Crippen MR) is 77.4 cm³/mol. The molecule has 1 aromatic heterocycles. The molecule has 0 aliphatic carbocycles. The summed E-state index contributed by atoms with van der Waals surface area (Å²) < 4.78 is 1.53. The Morgan fingerprint density at radius 1 is 1.47 bits per heavy atom. The molecule has 0 unspecified atom stereocenters. The van der Waals surface area contributed by atoms with E-state index in [2.05, 4.69) is 5.32 Å². The third-order valence-corrected chi connectivity index (χ3v) is 3.44. The zero-order valence-electron chi connectivity index (χ0n) is 10.6. The van der Waals surface area contributed by atoms with Crippen molar-refractivity contribution >= 4 is 28.6 Å². The van der Waals surface area contributed by atoms with Gasteiger partial charge in [0, 0.05) is 35.9 Å². The normalized spacial score (nSPS) is 10.4. The van der Waals surface area contributed by atoms with Gasteiger partial charge in [-0.05, 0) is 30.7 Å². The lowest BCUT2D eigenvalue weighted by Crippen LogP contribution is -2.19. The first-order valence-corrected chi connectivity index (χ1v) is 6.74. The van der Waals surface area contributed by atoms with E-state index in [1.165, 1.54) is 4.57 Å². The van der Waals surface area contributed by atoms with Crippen molar-refractivity contribution in [3.63, 3.8) is 0 Å². The Kier molecular flexibility index (Phi) is 4.01. The molecule has 2 rings (SSSR count). The van der Waals surface area contributed by atoms with Gasteiger partial charge in [0.1, 0.15) is 0 Å². The van der Waals surface area contributed by atoms with Crippen LogP contribution >= 0.6 is 11.3 Å². The summed E-state index contributed by atoms with van der Waals surface area (Å²) in [4.78, 5) is 23.1. The highest BCUT2D eigenvalue weighted by Gasteiger charge is 2.06. The molecule has 0 aliphatic heterocycles. The van der Waals surface area contributed by atoms with Gasteiger partial charge in [-0.1, -0.05) is 11.3 Å². The van der Waals surface area contributed by atoms with Crippen LogP contribution in [-0.4, -0.2) is 10.5 Å². The van der Waals surface area contributed by atoms with Crippen molar-refractivity contribution in [2.45, 2.75) is 19.9 Å². The Bertz CT molecular complexity index is 645. The number of rotatable bonds is 4. The van der Waals surface area contributed by atoms with Crippen LogP contribution in [0.4, 0.5) is 11.4 Å². The minimum Gasteiger partial charge on any atom is -0.399 e. The highest BCUT2D eigenvalue weighted by Crippen LogP contribution is 2.17. The molecule has 0 atom stereocenters. The Hall–Kier alpha value is -2.08. The van der Waals surface area contributed by atoms with Crippen molar-refractivity contribution in [2.24, 2.45) is 0 Å². The highest BCUT2D eigenvalue weighted by atomic mass is 32.1. The summed E-state index contributed by atoms with van der Waals surface area (Å²) >= 11 is 1.13. The van der Waals surface area contributed by atoms with E-state index in [0.29, 0.717) is 12.2 Å². The lowest BCUT2D eigenvalue weighted by molar-refractivity contribution is -0.116. The number of aromatic nitrogens is 1. The number of nitrogen functional groups attached to an aromatic ring is 1. The minimum absolute atomic E-state index is 0.0449. The van der Waals surface area contributed by atoms with E-state index >= 15 is 0 Å². The second kappa shape index (κ2) is 5.71. The van der Waals surface area contributed by atoms with Gasteiger partial charge in [0.25, 0.3) is 0 Å². The zero-order chi connectivity index (χ0) is 13.8. The van der Waals surface area contributed by atoms with Crippen molar-refractivity contribution in [2.75, 3.05) is 11.1 Å². The van der Waals surface area contributed by atoms with Gasteiger partial charge in [0.2, 0.25) is 5.91 Å². The van der Waals surface area contributed by atoms with Crippen molar-refractivity contribution in [1.82, 2.24) is 4.57 Å². The second-order valence-electron chi connectivity index (χ2n) is 4.23. The fourth-order valence-corrected chi connectivity index (χ4v) is 2.33. The van der Waals surface area contributed by atoms with E-state index in [0.717, 1.165) is 22.6 Å². The standard InChI is InChI=1S/C13H15N3O2S/c1-9-8-10(14)2-3-11(9)15-12(17)4-5-16-6-7-19-13(16)18/h2-3,6-8H,4-5,14H2,1H3,(H,15,17). The molecular formula is C13H15N3O2S. The number of thiazole rings is 1. The average Bonchev–Trinajstić information content (AvgIpc) is 2.76. The summed E-state index contributed by atoms with van der Waals surface area (Å²) in [5.41, 5.74) is 7.98. The number of nitrogens with two attached hydrogens (primary N) is 1. The molecule has 0 spiro atoms. The fraction of sp³-hybridized carbons (Fsp3) is 0.231. The van der Waals surface area contributed by atoms with Gasteiger partial charge >= 0.3 is 4.87 Å². The fourth-order valence-electron chi connectivity index (χ4n) is 1.72. The van der Waals surface area contributed by atoms with E-state index in [9.17, 15) is 9.59 Å². The van der Waals surface area contributed by atoms with E-state index in [-0.39, 0.29) is 17.2 Å². The number of carbonyl (C=O) groups is 1. The Balaban J connectivity index is 1.94. The third-order valence-electron chi connectivity index (χ3n) is 2.75. The number of aryl methyl sites for hydroxylation is 2. The Morgan fingerprint density at radius 3 is 2.89 bits per heavy atom. The Morgan fingerprint density at radius 2 is 2.26 bits per heavy atom. The molecule has 0 radical (unpaired) electrons. The van der Waals surface area contributed by atoms with Crippen molar-refractivity contribution in [3.05, 3.63) is 45.0 Å². The van der Waals surface area contributed by atoms with Gasteiger partial charge in [-0.2, -0.15) is 0 Å². The molecule has 0 saturated heterocycles. The van der Waals surface area contributed by atoms with Crippen LogP contribution in [0.1, 0.15) is 12.0 Å². The van der Waals surface area contributed by atoms with E-state index in [1.807, 2.05) is 6.92 Å². The van der Waals surface area contributed by atoms with Crippen LogP contribution in [0.15, 0.2) is 34.6 Å². The van der Waals surface area contributed by atoms with E-state index in [1.54, 1.807) is 29.8 Å². The van der Waals surface area contributed by atoms with Crippen LogP contribution in [0.5, 0.6) is 0 Å². The summed E-state index contributed by atoms with van der Waals surface area (Å²) in [5, 5.41) is 4.53. The second-order valence-corrected chi connectivity index (χ2v) is 5.09. The van der Waals surface area contributed by atoms with Crippen LogP contribution in [-0.2, 0) is 11.3 Å². The molecule has 19 heavy (non-hydrogen) atoms. The average molecular weight is 277 g/mol. The highest BCUT2D eigenvalue weighted by molar-refractivity contribution is 7.07. The van der Waals surface area contributed by atoms with Gasteiger partial charge in [-0.3, -0.25) is 9.59 Å². The largest absolute Gasteiger partial charge is 0.399 e. The van der Waals surface area contributed by atoms with E-state index in [4.69, 9.17) is 5.73 Å². The molecular weight excluding hydrogens is 262 g/mol. The number of hydrogen-bond donors (Lipinski definition) is 2. The topological polar surface area (TPSA) is 77.1 Å². The summed E-state index contributed by atoms with van der Waals surface area (Å²) in [5.74, 6) is -0.119. The number of amides is 1. The molecule has 3 N–H and O–H groups in total. The molecule has 0 bridgehead atoms. The van der Waals surface area contributed by atoms with Gasteiger partial charge in [-0.15, -0.1) is 0 Å². The first-order valence-electron chi connectivity index (χ1n) is 5.86. The van der Waals surface area contributed by atoms with Gasteiger partial charge in [0.05, 0.1) is 0 Å². The number of nitrogens with one attached hydrogen (secondary N) is 1. The molecule has 1 amide bonds. The maximum absolute atomic E-state index is 11.8. The molecule has 0 aliphatic rings. The van der Waals surface area contributed by atoms with Crippen LogP contribution in [0.25, 0.3) is 0 Å². The Labute approximate surface area is 114 Å². The first-order chi connectivity index (χ1) is 9.06. The smallest absolute Gasteiger partial charge is 0.307 e.